The van der Waals surface area contributed by atoms with Gasteiger partial charge in [0.15, 0.2) is 0 Å². The smallest absolute Gasteiger partial charge is 0.115 e. The van der Waals surface area contributed by atoms with Gasteiger partial charge in [0.1, 0.15) is 5.75 Å². The SMILES string of the molecule is Cc1ccc(NCCO)cc1-c1ccc(O)cc1. The molecule has 0 radical (unpaired) electrons. The average molecular weight is 243 g/mol. The van der Waals surface area contributed by atoms with Crippen LogP contribution in [0.25, 0.3) is 11.1 Å². The van der Waals surface area contributed by atoms with Gasteiger partial charge in [-0.3, -0.25) is 0 Å². The van der Waals surface area contributed by atoms with Gasteiger partial charge in [0.05, 0.1) is 6.61 Å². The van der Waals surface area contributed by atoms with Gasteiger partial charge in [-0.25, -0.2) is 0 Å². The molecule has 3 nitrogen and oxygen atoms in total. The third-order valence-electron chi connectivity index (χ3n) is 2.86. The molecular formula is C15H17NO2. The molecule has 0 spiro atoms. The van der Waals surface area contributed by atoms with Crippen LogP contribution in [0, 0.1) is 6.92 Å². The van der Waals surface area contributed by atoms with Crippen LogP contribution < -0.4 is 5.32 Å². The van der Waals surface area contributed by atoms with Crippen molar-refractivity contribution in [2.75, 3.05) is 18.5 Å². The van der Waals surface area contributed by atoms with E-state index in [0.29, 0.717) is 6.54 Å². The summed E-state index contributed by atoms with van der Waals surface area (Å²) in [6.45, 7) is 2.71. The van der Waals surface area contributed by atoms with Crippen molar-refractivity contribution in [2.45, 2.75) is 6.92 Å². The van der Waals surface area contributed by atoms with Gasteiger partial charge in [-0.1, -0.05) is 18.2 Å². The van der Waals surface area contributed by atoms with Crippen LogP contribution in [0.5, 0.6) is 5.75 Å². The number of aliphatic hydroxyl groups excluding tert-OH is 1. The van der Waals surface area contributed by atoms with E-state index in [0.717, 1.165) is 16.8 Å². The molecule has 0 aliphatic heterocycles. The molecule has 2 aromatic rings. The van der Waals surface area contributed by atoms with Crippen LogP contribution in [0.3, 0.4) is 0 Å². The van der Waals surface area contributed by atoms with Gasteiger partial charge in [0.25, 0.3) is 0 Å². The Labute approximate surface area is 107 Å². The molecule has 0 saturated heterocycles. The molecular weight excluding hydrogens is 226 g/mol. The number of hydrogen-bond acceptors (Lipinski definition) is 3. The maximum absolute atomic E-state index is 9.30. The van der Waals surface area contributed by atoms with Gasteiger partial charge < -0.3 is 15.5 Å². The quantitative estimate of drug-likeness (QED) is 0.774. The maximum atomic E-state index is 9.30. The van der Waals surface area contributed by atoms with E-state index in [9.17, 15) is 5.11 Å². The zero-order valence-electron chi connectivity index (χ0n) is 10.4. The number of aryl methyl sites for hydroxylation is 1. The van der Waals surface area contributed by atoms with Crippen molar-refractivity contribution in [2.24, 2.45) is 0 Å². The van der Waals surface area contributed by atoms with Gasteiger partial charge >= 0.3 is 0 Å². The number of nitrogens with one attached hydrogen (secondary N) is 1. The normalized spacial score (nSPS) is 10.3. The molecule has 0 heterocycles. The van der Waals surface area contributed by atoms with Gasteiger partial charge in [-0.15, -0.1) is 0 Å². The topological polar surface area (TPSA) is 52.5 Å². The Morgan fingerprint density at radius 2 is 1.78 bits per heavy atom. The molecule has 0 aliphatic carbocycles. The van der Waals surface area contributed by atoms with E-state index in [1.54, 1.807) is 12.1 Å². The summed E-state index contributed by atoms with van der Waals surface area (Å²) in [5, 5.41) is 21.3. The van der Waals surface area contributed by atoms with Crippen molar-refractivity contribution in [1.29, 1.82) is 0 Å². The second-order valence-electron chi connectivity index (χ2n) is 4.23. The first-order valence-electron chi connectivity index (χ1n) is 5.95. The lowest BCUT2D eigenvalue weighted by Crippen LogP contribution is -2.05. The summed E-state index contributed by atoms with van der Waals surface area (Å²) in [6.07, 6.45) is 0. The van der Waals surface area contributed by atoms with Crippen LogP contribution in [0.1, 0.15) is 5.56 Å². The van der Waals surface area contributed by atoms with Crippen molar-refractivity contribution in [1.82, 2.24) is 0 Å². The highest BCUT2D eigenvalue weighted by Crippen LogP contribution is 2.27. The van der Waals surface area contributed by atoms with Crippen LogP contribution in [0.15, 0.2) is 42.5 Å². The largest absolute Gasteiger partial charge is 0.508 e. The Kier molecular flexibility index (Phi) is 3.85. The standard InChI is InChI=1S/C15H17NO2/c1-11-2-5-13(16-8-9-17)10-15(11)12-3-6-14(18)7-4-12/h2-7,10,16-18H,8-9H2,1H3. The highest BCUT2D eigenvalue weighted by molar-refractivity contribution is 5.71. The summed E-state index contributed by atoms with van der Waals surface area (Å²) in [4.78, 5) is 0. The molecule has 18 heavy (non-hydrogen) atoms. The van der Waals surface area contributed by atoms with Crippen LogP contribution in [0.2, 0.25) is 0 Å². The van der Waals surface area contributed by atoms with E-state index in [4.69, 9.17) is 5.11 Å². The number of aromatic hydroxyl groups is 1. The molecule has 0 aromatic heterocycles. The first-order chi connectivity index (χ1) is 8.70. The molecule has 3 heteroatoms. The molecule has 94 valence electrons. The second-order valence-corrected chi connectivity index (χ2v) is 4.23. The summed E-state index contributed by atoms with van der Waals surface area (Å²) >= 11 is 0. The van der Waals surface area contributed by atoms with Crippen molar-refractivity contribution >= 4 is 5.69 Å². The molecule has 0 unspecified atom stereocenters. The lowest BCUT2D eigenvalue weighted by Gasteiger charge is -2.10. The summed E-state index contributed by atoms with van der Waals surface area (Å²) in [5.74, 6) is 0.269. The number of benzene rings is 2. The monoisotopic (exact) mass is 243 g/mol. The minimum atomic E-state index is 0.114. The van der Waals surface area contributed by atoms with Crippen LogP contribution in [-0.4, -0.2) is 23.4 Å². The van der Waals surface area contributed by atoms with Crippen LogP contribution >= 0.6 is 0 Å². The number of hydrogen-bond donors (Lipinski definition) is 3. The Hall–Kier alpha value is -2.00. The average Bonchev–Trinajstić information content (AvgIpc) is 2.39. The summed E-state index contributed by atoms with van der Waals surface area (Å²) in [5.41, 5.74) is 4.35. The second kappa shape index (κ2) is 5.56. The Morgan fingerprint density at radius 1 is 1.06 bits per heavy atom. The van der Waals surface area contributed by atoms with E-state index in [1.165, 1.54) is 5.56 Å². The minimum absolute atomic E-state index is 0.114. The maximum Gasteiger partial charge on any atom is 0.115 e. The number of rotatable bonds is 4. The third-order valence-corrected chi connectivity index (χ3v) is 2.86. The first-order valence-corrected chi connectivity index (χ1v) is 5.95. The Bertz CT molecular complexity index is 521. The van der Waals surface area contributed by atoms with Crippen molar-refractivity contribution in [3.63, 3.8) is 0 Å². The van der Waals surface area contributed by atoms with Crippen LogP contribution in [0.4, 0.5) is 5.69 Å². The predicted octanol–water partition coefficient (Wildman–Crippen LogP) is 2.77. The van der Waals surface area contributed by atoms with Crippen LogP contribution in [-0.2, 0) is 0 Å². The predicted molar refractivity (Wildman–Crippen MR) is 73.9 cm³/mol. The molecule has 3 N–H and O–H groups in total. The highest BCUT2D eigenvalue weighted by Gasteiger charge is 2.03. The molecule has 0 bridgehead atoms. The summed E-state index contributed by atoms with van der Waals surface area (Å²) in [7, 11) is 0. The Balaban J connectivity index is 2.33. The number of phenolic OH excluding ortho intramolecular Hbond substituents is 1. The van der Waals surface area contributed by atoms with Gasteiger partial charge in [0.2, 0.25) is 0 Å². The van der Waals surface area contributed by atoms with Crippen molar-refractivity contribution < 1.29 is 10.2 Å². The molecule has 0 saturated carbocycles. The fraction of sp³-hybridized carbons (Fsp3) is 0.200. The lowest BCUT2D eigenvalue weighted by atomic mass is 10.00. The number of anilines is 1. The van der Waals surface area contributed by atoms with E-state index in [2.05, 4.69) is 18.3 Å². The minimum Gasteiger partial charge on any atom is -0.508 e. The van der Waals surface area contributed by atoms with E-state index >= 15 is 0 Å². The number of aliphatic hydroxyl groups is 1. The molecule has 0 aliphatic rings. The highest BCUT2D eigenvalue weighted by atomic mass is 16.3. The first kappa shape index (κ1) is 12.5. The molecule has 0 atom stereocenters. The number of phenols is 1. The fourth-order valence-corrected chi connectivity index (χ4v) is 1.88. The van der Waals surface area contributed by atoms with E-state index < -0.39 is 0 Å². The van der Waals surface area contributed by atoms with E-state index in [1.807, 2.05) is 24.3 Å². The summed E-state index contributed by atoms with van der Waals surface area (Å²) < 4.78 is 0. The zero-order chi connectivity index (χ0) is 13.0. The van der Waals surface area contributed by atoms with Gasteiger partial charge in [-0.2, -0.15) is 0 Å². The van der Waals surface area contributed by atoms with Gasteiger partial charge in [0, 0.05) is 12.2 Å². The van der Waals surface area contributed by atoms with Crippen molar-refractivity contribution in [3.05, 3.63) is 48.0 Å². The third kappa shape index (κ3) is 2.81. The molecule has 0 amide bonds. The Morgan fingerprint density at radius 3 is 2.44 bits per heavy atom. The van der Waals surface area contributed by atoms with Crippen molar-refractivity contribution in [3.8, 4) is 16.9 Å². The van der Waals surface area contributed by atoms with Gasteiger partial charge in [-0.05, 0) is 47.9 Å². The molecule has 2 aromatic carbocycles. The molecule has 2 rings (SSSR count). The fourth-order valence-electron chi connectivity index (χ4n) is 1.88. The molecule has 0 fully saturated rings. The zero-order valence-corrected chi connectivity index (χ0v) is 10.4. The summed E-state index contributed by atoms with van der Waals surface area (Å²) in [6, 6.07) is 13.3. The lowest BCUT2D eigenvalue weighted by molar-refractivity contribution is 0.311. The van der Waals surface area contributed by atoms with E-state index in [-0.39, 0.29) is 12.4 Å².